The fourth-order valence-electron chi connectivity index (χ4n) is 2.38. The second-order valence-corrected chi connectivity index (χ2v) is 6.01. The van der Waals surface area contributed by atoms with Crippen LogP contribution in [0.4, 0.5) is 0 Å². The number of nitrogens with one attached hydrogen (secondary N) is 2. The van der Waals surface area contributed by atoms with Crippen LogP contribution in [-0.2, 0) is 4.79 Å². The Bertz CT molecular complexity index is 238. The van der Waals surface area contributed by atoms with Crippen LogP contribution < -0.4 is 10.6 Å². The molecule has 0 aromatic heterocycles. The van der Waals surface area contributed by atoms with Gasteiger partial charge in [-0.2, -0.15) is 11.8 Å². The van der Waals surface area contributed by atoms with Gasteiger partial charge in [0.15, 0.2) is 0 Å². The minimum atomic E-state index is 0.195. The number of hydrogen-bond acceptors (Lipinski definition) is 4. The molecule has 2 fully saturated rings. The summed E-state index contributed by atoms with van der Waals surface area (Å²) >= 11 is 2.02. The van der Waals surface area contributed by atoms with Crippen molar-refractivity contribution < 1.29 is 4.79 Å². The SMILES string of the molecule is O=C(NCCN1CCSCC1)C1CCCNC1. The smallest absolute Gasteiger partial charge is 0.224 e. The Kier molecular flexibility index (Phi) is 5.61. The first-order valence-electron chi connectivity index (χ1n) is 6.65. The van der Waals surface area contributed by atoms with E-state index in [9.17, 15) is 4.79 Å². The number of amides is 1. The molecule has 0 aromatic rings. The monoisotopic (exact) mass is 257 g/mol. The quantitative estimate of drug-likeness (QED) is 0.752. The molecule has 0 aliphatic carbocycles. The Balaban J connectivity index is 1.58. The van der Waals surface area contributed by atoms with Gasteiger partial charge in [-0.15, -0.1) is 0 Å². The highest BCUT2D eigenvalue weighted by molar-refractivity contribution is 7.99. The molecular weight excluding hydrogens is 234 g/mol. The molecule has 1 amide bonds. The summed E-state index contributed by atoms with van der Waals surface area (Å²) < 4.78 is 0. The molecule has 4 nitrogen and oxygen atoms in total. The molecule has 2 N–H and O–H groups in total. The summed E-state index contributed by atoms with van der Waals surface area (Å²) in [5, 5.41) is 6.35. The van der Waals surface area contributed by atoms with E-state index in [1.165, 1.54) is 24.6 Å². The third-order valence-corrected chi connectivity index (χ3v) is 4.44. The minimum absolute atomic E-state index is 0.195. The highest BCUT2D eigenvalue weighted by atomic mass is 32.2. The molecule has 2 heterocycles. The van der Waals surface area contributed by atoms with Crippen molar-refractivity contribution in [2.24, 2.45) is 5.92 Å². The lowest BCUT2D eigenvalue weighted by Gasteiger charge is -2.27. The zero-order valence-electron chi connectivity index (χ0n) is 10.4. The lowest BCUT2D eigenvalue weighted by molar-refractivity contribution is -0.125. The number of carbonyl (C=O) groups excluding carboxylic acids is 1. The third kappa shape index (κ3) is 4.48. The van der Waals surface area contributed by atoms with E-state index in [-0.39, 0.29) is 11.8 Å². The topological polar surface area (TPSA) is 44.4 Å². The van der Waals surface area contributed by atoms with Gasteiger partial charge in [0, 0.05) is 44.2 Å². The van der Waals surface area contributed by atoms with Crippen LogP contribution in [0.2, 0.25) is 0 Å². The zero-order valence-corrected chi connectivity index (χ0v) is 11.2. The van der Waals surface area contributed by atoms with E-state index in [2.05, 4.69) is 15.5 Å². The minimum Gasteiger partial charge on any atom is -0.355 e. The van der Waals surface area contributed by atoms with Gasteiger partial charge >= 0.3 is 0 Å². The highest BCUT2D eigenvalue weighted by Gasteiger charge is 2.20. The molecule has 0 spiro atoms. The van der Waals surface area contributed by atoms with Crippen LogP contribution in [0.1, 0.15) is 12.8 Å². The molecular formula is C12H23N3OS. The summed E-state index contributed by atoms with van der Waals surface area (Å²) in [4.78, 5) is 14.3. The number of piperidine rings is 1. The highest BCUT2D eigenvalue weighted by Crippen LogP contribution is 2.10. The van der Waals surface area contributed by atoms with Crippen LogP contribution >= 0.6 is 11.8 Å². The fourth-order valence-corrected chi connectivity index (χ4v) is 3.36. The molecule has 0 aromatic carbocycles. The van der Waals surface area contributed by atoms with Crippen molar-refractivity contribution in [2.45, 2.75) is 12.8 Å². The maximum atomic E-state index is 11.9. The summed E-state index contributed by atoms with van der Waals surface area (Å²) in [6.07, 6.45) is 2.17. The van der Waals surface area contributed by atoms with Crippen LogP contribution in [0.3, 0.4) is 0 Å². The molecule has 2 rings (SSSR count). The van der Waals surface area contributed by atoms with Gasteiger partial charge in [0.1, 0.15) is 0 Å². The average Bonchev–Trinajstić information content (AvgIpc) is 2.41. The van der Waals surface area contributed by atoms with Gasteiger partial charge in [-0.3, -0.25) is 9.69 Å². The number of thioether (sulfide) groups is 1. The lowest BCUT2D eigenvalue weighted by Crippen LogP contribution is -2.44. The second kappa shape index (κ2) is 7.24. The second-order valence-electron chi connectivity index (χ2n) is 4.79. The van der Waals surface area contributed by atoms with E-state index in [0.717, 1.165) is 39.0 Å². The van der Waals surface area contributed by atoms with Crippen molar-refractivity contribution in [3.63, 3.8) is 0 Å². The summed E-state index contributed by atoms with van der Waals surface area (Å²) in [6.45, 7) is 6.07. The molecule has 17 heavy (non-hydrogen) atoms. The molecule has 2 aliphatic rings. The molecule has 0 bridgehead atoms. The van der Waals surface area contributed by atoms with Gasteiger partial charge in [-0.25, -0.2) is 0 Å². The van der Waals surface area contributed by atoms with Crippen LogP contribution in [0, 0.1) is 5.92 Å². The van der Waals surface area contributed by atoms with E-state index in [0.29, 0.717) is 0 Å². The Labute approximate surface area is 108 Å². The van der Waals surface area contributed by atoms with Crippen molar-refractivity contribution in [1.82, 2.24) is 15.5 Å². The molecule has 1 unspecified atom stereocenters. The fraction of sp³-hybridized carbons (Fsp3) is 0.917. The Morgan fingerprint density at radius 1 is 1.41 bits per heavy atom. The standard InChI is InChI=1S/C12H23N3OS/c16-12(11-2-1-3-13-10-11)14-4-5-15-6-8-17-9-7-15/h11,13H,1-10H2,(H,14,16). The maximum Gasteiger partial charge on any atom is 0.224 e. The lowest BCUT2D eigenvalue weighted by atomic mass is 9.99. The summed E-state index contributed by atoms with van der Waals surface area (Å²) in [7, 11) is 0. The van der Waals surface area contributed by atoms with Gasteiger partial charge in [-0.05, 0) is 19.4 Å². The number of rotatable bonds is 4. The summed E-state index contributed by atoms with van der Waals surface area (Å²) in [6, 6.07) is 0. The van der Waals surface area contributed by atoms with Crippen molar-refractivity contribution in [1.29, 1.82) is 0 Å². The van der Waals surface area contributed by atoms with Crippen LogP contribution in [0.25, 0.3) is 0 Å². The normalized spacial score (nSPS) is 26.7. The van der Waals surface area contributed by atoms with Crippen molar-refractivity contribution in [2.75, 3.05) is 50.8 Å². The van der Waals surface area contributed by atoms with E-state index in [4.69, 9.17) is 0 Å². The van der Waals surface area contributed by atoms with Crippen molar-refractivity contribution in [3.8, 4) is 0 Å². The molecule has 5 heteroatoms. The molecule has 1 atom stereocenters. The molecule has 0 radical (unpaired) electrons. The van der Waals surface area contributed by atoms with E-state index in [1.54, 1.807) is 0 Å². The van der Waals surface area contributed by atoms with Crippen LogP contribution in [0.15, 0.2) is 0 Å². The van der Waals surface area contributed by atoms with Gasteiger partial charge in [0.05, 0.1) is 5.92 Å². The molecule has 98 valence electrons. The maximum absolute atomic E-state index is 11.9. The van der Waals surface area contributed by atoms with Gasteiger partial charge < -0.3 is 10.6 Å². The number of nitrogens with zero attached hydrogens (tertiary/aromatic N) is 1. The van der Waals surface area contributed by atoms with E-state index >= 15 is 0 Å². The first-order chi connectivity index (χ1) is 8.36. The van der Waals surface area contributed by atoms with E-state index < -0.39 is 0 Å². The van der Waals surface area contributed by atoms with Crippen molar-refractivity contribution >= 4 is 17.7 Å². The first kappa shape index (κ1) is 13.2. The Morgan fingerprint density at radius 2 is 2.24 bits per heavy atom. The van der Waals surface area contributed by atoms with E-state index in [1.807, 2.05) is 11.8 Å². The van der Waals surface area contributed by atoms with Gasteiger partial charge in [0.2, 0.25) is 5.91 Å². The molecule has 2 aliphatic heterocycles. The van der Waals surface area contributed by atoms with Gasteiger partial charge in [-0.1, -0.05) is 0 Å². The van der Waals surface area contributed by atoms with Crippen LogP contribution in [0.5, 0.6) is 0 Å². The third-order valence-electron chi connectivity index (χ3n) is 3.50. The predicted octanol–water partition coefficient (Wildman–Crippen LogP) is 0.151. The molecule has 0 saturated carbocycles. The summed E-state index contributed by atoms with van der Waals surface area (Å²) in [5.41, 5.74) is 0. The van der Waals surface area contributed by atoms with Gasteiger partial charge in [0.25, 0.3) is 0 Å². The van der Waals surface area contributed by atoms with Crippen LogP contribution in [-0.4, -0.2) is 61.6 Å². The Hall–Kier alpha value is -0.260. The predicted molar refractivity (Wildman–Crippen MR) is 72.4 cm³/mol. The summed E-state index contributed by atoms with van der Waals surface area (Å²) in [5.74, 6) is 2.91. The average molecular weight is 257 g/mol. The Morgan fingerprint density at radius 3 is 2.94 bits per heavy atom. The zero-order chi connectivity index (χ0) is 11.9. The number of hydrogen-bond donors (Lipinski definition) is 2. The van der Waals surface area contributed by atoms with Crippen molar-refractivity contribution in [3.05, 3.63) is 0 Å². The molecule has 2 saturated heterocycles. The largest absolute Gasteiger partial charge is 0.355 e. The first-order valence-corrected chi connectivity index (χ1v) is 7.80. The number of carbonyl (C=O) groups is 1.